The number of para-hydroxylation sites is 1. The number of nitrogens with one attached hydrogen (secondary N) is 1. The number of benzene rings is 2. The SMILES string of the molecule is O=C1CC(Cc2n[nH]c(=S)n2-c2ccccc2)c2ccccc21. The predicted octanol–water partition coefficient (Wildman–Crippen LogP) is 3.84. The molecule has 1 N–H and O–H groups in total. The lowest BCUT2D eigenvalue weighted by atomic mass is 9.97. The molecule has 3 aromatic rings. The molecule has 5 heteroatoms. The minimum absolute atomic E-state index is 0.159. The number of carbonyl (C=O) groups is 1. The van der Waals surface area contributed by atoms with Crippen LogP contribution in [0, 0.1) is 4.77 Å². The average molecular weight is 321 g/mol. The zero-order chi connectivity index (χ0) is 15.8. The Morgan fingerprint density at radius 3 is 2.70 bits per heavy atom. The van der Waals surface area contributed by atoms with E-state index in [1.54, 1.807) is 0 Å². The first-order valence-electron chi connectivity index (χ1n) is 7.58. The lowest BCUT2D eigenvalue weighted by Crippen LogP contribution is -2.07. The molecule has 23 heavy (non-hydrogen) atoms. The minimum atomic E-state index is 0.159. The first-order chi connectivity index (χ1) is 11.2. The molecular weight excluding hydrogens is 306 g/mol. The fraction of sp³-hybridized carbons (Fsp3) is 0.167. The van der Waals surface area contributed by atoms with Gasteiger partial charge in [-0.05, 0) is 35.8 Å². The van der Waals surface area contributed by atoms with E-state index in [0.717, 1.165) is 22.6 Å². The molecule has 0 fully saturated rings. The molecule has 4 rings (SSSR count). The molecule has 114 valence electrons. The molecule has 1 heterocycles. The maximum atomic E-state index is 12.2. The number of aromatic nitrogens is 3. The summed E-state index contributed by atoms with van der Waals surface area (Å²) >= 11 is 5.37. The zero-order valence-corrected chi connectivity index (χ0v) is 13.2. The second-order valence-electron chi connectivity index (χ2n) is 5.73. The second kappa shape index (κ2) is 5.59. The van der Waals surface area contributed by atoms with E-state index in [4.69, 9.17) is 12.2 Å². The third-order valence-corrected chi connectivity index (χ3v) is 4.59. The van der Waals surface area contributed by atoms with E-state index in [9.17, 15) is 4.79 Å². The molecule has 1 unspecified atom stereocenters. The maximum absolute atomic E-state index is 12.2. The predicted molar refractivity (Wildman–Crippen MR) is 90.6 cm³/mol. The lowest BCUT2D eigenvalue weighted by molar-refractivity contribution is 0.0988. The van der Waals surface area contributed by atoms with Crippen LogP contribution in [0.1, 0.15) is 34.1 Å². The van der Waals surface area contributed by atoms with Crippen molar-refractivity contribution in [1.29, 1.82) is 0 Å². The third-order valence-electron chi connectivity index (χ3n) is 4.32. The van der Waals surface area contributed by atoms with E-state index < -0.39 is 0 Å². The van der Waals surface area contributed by atoms with Gasteiger partial charge in [-0.25, -0.2) is 0 Å². The van der Waals surface area contributed by atoms with Crippen LogP contribution >= 0.6 is 12.2 Å². The molecule has 1 aromatic heterocycles. The van der Waals surface area contributed by atoms with Crippen molar-refractivity contribution in [3.63, 3.8) is 0 Å². The molecular formula is C18H15N3OS. The van der Waals surface area contributed by atoms with Crippen LogP contribution in [0.15, 0.2) is 54.6 Å². The Hall–Kier alpha value is -2.53. The number of ketones is 1. The van der Waals surface area contributed by atoms with Crippen LogP contribution in [0.25, 0.3) is 5.69 Å². The number of hydrogen-bond acceptors (Lipinski definition) is 3. The summed E-state index contributed by atoms with van der Waals surface area (Å²) in [5.74, 6) is 1.23. The van der Waals surface area contributed by atoms with E-state index in [2.05, 4.69) is 10.2 Å². The first kappa shape index (κ1) is 14.1. The Morgan fingerprint density at radius 1 is 1.13 bits per heavy atom. The Morgan fingerprint density at radius 2 is 1.87 bits per heavy atom. The van der Waals surface area contributed by atoms with Crippen LogP contribution < -0.4 is 0 Å². The van der Waals surface area contributed by atoms with Crippen LogP contribution in [0.4, 0.5) is 0 Å². The maximum Gasteiger partial charge on any atom is 0.199 e. The molecule has 0 aliphatic heterocycles. The van der Waals surface area contributed by atoms with Gasteiger partial charge in [0.05, 0.1) is 0 Å². The number of aromatic amines is 1. The van der Waals surface area contributed by atoms with Crippen molar-refractivity contribution in [3.8, 4) is 5.69 Å². The summed E-state index contributed by atoms with van der Waals surface area (Å²) in [6.07, 6.45) is 1.22. The van der Waals surface area contributed by atoms with Crippen LogP contribution in [0.2, 0.25) is 0 Å². The minimum Gasteiger partial charge on any atom is -0.294 e. The smallest absolute Gasteiger partial charge is 0.199 e. The van der Waals surface area contributed by atoms with Gasteiger partial charge in [-0.2, -0.15) is 5.10 Å². The first-order valence-corrected chi connectivity index (χ1v) is 7.98. The normalized spacial score (nSPS) is 16.5. The molecule has 0 saturated heterocycles. The number of rotatable bonds is 3. The molecule has 4 nitrogen and oxygen atoms in total. The molecule has 1 atom stereocenters. The van der Waals surface area contributed by atoms with E-state index in [0.29, 0.717) is 17.6 Å². The lowest BCUT2D eigenvalue weighted by Gasteiger charge is -2.12. The van der Waals surface area contributed by atoms with Gasteiger partial charge in [0, 0.05) is 24.1 Å². The van der Waals surface area contributed by atoms with Crippen LogP contribution in [-0.2, 0) is 6.42 Å². The fourth-order valence-corrected chi connectivity index (χ4v) is 3.52. The van der Waals surface area contributed by atoms with Gasteiger partial charge >= 0.3 is 0 Å². The van der Waals surface area contributed by atoms with Crippen molar-refractivity contribution in [1.82, 2.24) is 14.8 Å². The van der Waals surface area contributed by atoms with E-state index in [1.165, 1.54) is 0 Å². The van der Waals surface area contributed by atoms with Gasteiger partial charge in [-0.3, -0.25) is 14.5 Å². The van der Waals surface area contributed by atoms with E-state index in [1.807, 2.05) is 59.2 Å². The Labute approximate surface area is 138 Å². The summed E-state index contributed by atoms with van der Waals surface area (Å²) in [4.78, 5) is 12.2. The van der Waals surface area contributed by atoms with Crippen molar-refractivity contribution in [2.75, 3.05) is 0 Å². The summed E-state index contributed by atoms with van der Waals surface area (Å²) in [6.45, 7) is 0. The summed E-state index contributed by atoms with van der Waals surface area (Å²) in [7, 11) is 0. The van der Waals surface area contributed by atoms with Gasteiger partial charge in [-0.1, -0.05) is 42.5 Å². The fourth-order valence-electron chi connectivity index (χ4n) is 3.26. The van der Waals surface area contributed by atoms with Crippen molar-refractivity contribution >= 4 is 18.0 Å². The molecule has 1 aliphatic carbocycles. The molecule has 0 spiro atoms. The van der Waals surface area contributed by atoms with Crippen molar-refractivity contribution in [2.45, 2.75) is 18.8 Å². The van der Waals surface area contributed by atoms with Gasteiger partial charge in [0.2, 0.25) is 0 Å². The second-order valence-corrected chi connectivity index (χ2v) is 6.12. The zero-order valence-electron chi connectivity index (χ0n) is 12.4. The topological polar surface area (TPSA) is 50.7 Å². The molecule has 0 bridgehead atoms. The number of nitrogens with zero attached hydrogens (tertiary/aromatic N) is 2. The van der Waals surface area contributed by atoms with Gasteiger partial charge in [0.1, 0.15) is 5.82 Å². The summed E-state index contributed by atoms with van der Waals surface area (Å²) < 4.78 is 2.52. The van der Waals surface area contributed by atoms with Gasteiger partial charge in [0.15, 0.2) is 10.6 Å². The van der Waals surface area contributed by atoms with Crippen molar-refractivity contribution < 1.29 is 4.79 Å². The van der Waals surface area contributed by atoms with Crippen LogP contribution in [0.3, 0.4) is 0 Å². The summed E-state index contributed by atoms with van der Waals surface area (Å²) in [5.41, 5.74) is 2.95. The quantitative estimate of drug-likeness (QED) is 0.746. The standard InChI is InChI=1S/C18H15N3OS/c22-16-10-12(14-8-4-5-9-15(14)16)11-17-19-20-18(23)21(17)13-6-2-1-3-7-13/h1-9,12H,10-11H2,(H,20,23). The van der Waals surface area contributed by atoms with Gasteiger partial charge in [0.25, 0.3) is 0 Å². The van der Waals surface area contributed by atoms with E-state index in [-0.39, 0.29) is 11.7 Å². The number of Topliss-reactive ketones (excluding diaryl/α,β-unsaturated/α-hetero) is 1. The Balaban J connectivity index is 1.72. The molecule has 1 aliphatic rings. The molecule has 0 saturated carbocycles. The van der Waals surface area contributed by atoms with Crippen molar-refractivity contribution in [2.24, 2.45) is 0 Å². The highest BCUT2D eigenvalue weighted by Gasteiger charge is 2.30. The Kier molecular flexibility index (Phi) is 3.42. The number of H-pyrrole nitrogens is 1. The monoisotopic (exact) mass is 321 g/mol. The number of fused-ring (bicyclic) bond motifs is 1. The number of hydrogen-bond donors (Lipinski definition) is 1. The van der Waals surface area contributed by atoms with Gasteiger partial charge < -0.3 is 0 Å². The van der Waals surface area contributed by atoms with Crippen LogP contribution in [-0.4, -0.2) is 20.5 Å². The van der Waals surface area contributed by atoms with E-state index >= 15 is 0 Å². The largest absolute Gasteiger partial charge is 0.294 e. The summed E-state index contributed by atoms with van der Waals surface area (Å²) in [5, 5.41) is 7.26. The van der Waals surface area contributed by atoms with Gasteiger partial charge in [-0.15, -0.1) is 0 Å². The highest BCUT2D eigenvalue weighted by Crippen LogP contribution is 2.35. The Bertz CT molecular complexity index is 927. The molecule has 2 aromatic carbocycles. The molecule has 0 amide bonds. The highest BCUT2D eigenvalue weighted by molar-refractivity contribution is 7.71. The van der Waals surface area contributed by atoms with Crippen molar-refractivity contribution in [3.05, 3.63) is 76.3 Å². The third kappa shape index (κ3) is 2.43. The molecule has 0 radical (unpaired) electrons. The van der Waals surface area contributed by atoms with Crippen LogP contribution in [0.5, 0.6) is 0 Å². The number of carbonyl (C=O) groups excluding carboxylic acids is 1. The average Bonchev–Trinajstić information content (AvgIpc) is 3.10. The summed E-state index contributed by atoms with van der Waals surface area (Å²) in [6, 6.07) is 17.8. The highest BCUT2D eigenvalue weighted by atomic mass is 32.1.